The highest BCUT2D eigenvalue weighted by Crippen LogP contribution is 2.40. The number of halogens is 3. The highest BCUT2D eigenvalue weighted by atomic mass is 35.5. The second-order valence-corrected chi connectivity index (χ2v) is 7.30. The Labute approximate surface area is 158 Å². The summed E-state index contributed by atoms with van der Waals surface area (Å²) in [4.78, 5) is 25.9. The van der Waals surface area contributed by atoms with Crippen molar-refractivity contribution >= 4 is 52.5 Å². The minimum atomic E-state index is -0.445. The smallest absolute Gasteiger partial charge is 0.244 e. The van der Waals surface area contributed by atoms with Crippen LogP contribution in [0, 0.1) is 5.82 Å². The molecule has 8 heteroatoms. The molecular weight excluding hydrogens is 386 g/mol. The summed E-state index contributed by atoms with van der Waals surface area (Å²) in [5.74, 6) is -0.709. The zero-order valence-corrected chi connectivity index (χ0v) is 15.2. The summed E-state index contributed by atoms with van der Waals surface area (Å²) in [7, 11) is 0. The number of amides is 2. The van der Waals surface area contributed by atoms with Crippen LogP contribution in [0.1, 0.15) is 10.9 Å². The average Bonchev–Trinajstić information content (AvgIpc) is 2.91. The molecule has 1 saturated heterocycles. The van der Waals surface area contributed by atoms with Crippen molar-refractivity contribution in [1.82, 2.24) is 4.90 Å². The van der Waals surface area contributed by atoms with Crippen molar-refractivity contribution in [3.63, 3.8) is 0 Å². The molecule has 1 heterocycles. The summed E-state index contributed by atoms with van der Waals surface area (Å²) < 4.78 is 13.2. The number of hydrogen-bond acceptors (Lipinski definition) is 3. The topological polar surface area (TPSA) is 49.4 Å². The standard InChI is InChI=1S/C17H13Cl2FN2O2S/c18-13-5-4-10(6-14(13)19)17-22(16(24)9-25-17)8-15(23)21-12-3-1-2-11(20)7-12/h1-7,17H,8-9H2,(H,21,23)/t17-/m1/s1. The van der Waals surface area contributed by atoms with Crippen molar-refractivity contribution in [2.75, 3.05) is 17.6 Å². The Bertz CT molecular complexity index is 834. The molecule has 4 nitrogen and oxygen atoms in total. The third-order valence-corrected chi connectivity index (χ3v) is 5.61. The zero-order chi connectivity index (χ0) is 18.0. The van der Waals surface area contributed by atoms with Gasteiger partial charge in [-0.3, -0.25) is 9.59 Å². The van der Waals surface area contributed by atoms with E-state index in [4.69, 9.17) is 23.2 Å². The lowest BCUT2D eigenvalue weighted by molar-refractivity contribution is -0.132. The van der Waals surface area contributed by atoms with Crippen LogP contribution in [0.5, 0.6) is 0 Å². The summed E-state index contributed by atoms with van der Waals surface area (Å²) in [5.41, 5.74) is 1.14. The maximum Gasteiger partial charge on any atom is 0.244 e. The molecule has 1 N–H and O–H groups in total. The van der Waals surface area contributed by atoms with Gasteiger partial charge in [-0.1, -0.05) is 35.3 Å². The molecule has 0 saturated carbocycles. The quantitative estimate of drug-likeness (QED) is 0.832. The highest BCUT2D eigenvalue weighted by Gasteiger charge is 2.34. The third kappa shape index (κ3) is 4.26. The Morgan fingerprint density at radius 2 is 2.04 bits per heavy atom. The Kier molecular flexibility index (Phi) is 5.51. The van der Waals surface area contributed by atoms with E-state index in [0.29, 0.717) is 15.7 Å². The summed E-state index contributed by atoms with van der Waals surface area (Å²) in [6.07, 6.45) is 0. The van der Waals surface area contributed by atoms with E-state index in [2.05, 4.69) is 5.32 Å². The Hall–Kier alpha value is -1.76. The van der Waals surface area contributed by atoms with Gasteiger partial charge < -0.3 is 10.2 Å². The molecule has 0 unspecified atom stereocenters. The van der Waals surface area contributed by atoms with E-state index < -0.39 is 11.7 Å². The number of hydrogen-bond donors (Lipinski definition) is 1. The molecule has 1 aliphatic heterocycles. The molecule has 1 fully saturated rings. The van der Waals surface area contributed by atoms with E-state index in [1.807, 2.05) is 0 Å². The molecule has 1 atom stereocenters. The summed E-state index contributed by atoms with van der Waals surface area (Å²) in [5, 5.41) is 3.09. The van der Waals surface area contributed by atoms with Gasteiger partial charge in [0.1, 0.15) is 17.7 Å². The minimum absolute atomic E-state index is 0.132. The molecule has 0 aromatic heterocycles. The van der Waals surface area contributed by atoms with Crippen LogP contribution in [0.2, 0.25) is 10.0 Å². The van der Waals surface area contributed by atoms with E-state index in [1.54, 1.807) is 24.3 Å². The molecule has 0 aliphatic carbocycles. The third-order valence-electron chi connectivity index (χ3n) is 3.62. The normalized spacial score (nSPS) is 17.0. The van der Waals surface area contributed by atoms with Gasteiger partial charge in [-0.15, -0.1) is 11.8 Å². The van der Waals surface area contributed by atoms with E-state index >= 15 is 0 Å². The first-order valence-corrected chi connectivity index (χ1v) is 9.16. The first kappa shape index (κ1) is 18.0. The van der Waals surface area contributed by atoms with Crippen LogP contribution in [0.3, 0.4) is 0 Å². The second-order valence-electron chi connectivity index (χ2n) is 5.42. The van der Waals surface area contributed by atoms with E-state index in [1.165, 1.54) is 34.9 Å². The monoisotopic (exact) mass is 398 g/mol. The van der Waals surface area contributed by atoms with Crippen LogP contribution in [0.25, 0.3) is 0 Å². The summed E-state index contributed by atoms with van der Waals surface area (Å²) in [6.45, 7) is -0.132. The molecule has 2 aromatic rings. The molecule has 1 aliphatic rings. The van der Waals surface area contributed by atoms with Crippen molar-refractivity contribution in [2.24, 2.45) is 0 Å². The number of anilines is 1. The van der Waals surface area contributed by atoms with Gasteiger partial charge in [0.2, 0.25) is 11.8 Å². The number of nitrogens with zero attached hydrogens (tertiary/aromatic N) is 1. The SMILES string of the molecule is O=C(CN1C(=O)CS[C@@H]1c1ccc(Cl)c(Cl)c1)Nc1cccc(F)c1. The van der Waals surface area contributed by atoms with Gasteiger partial charge in [-0.25, -0.2) is 4.39 Å². The molecule has 2 aromatic carbocycles. The molecular formula is C17H13Cl2FN2O2S. The number of carbonyl (C=O) groups excluding carboxylic acids is 2. The summed E-state index contributed by atoms with van der Waals surface area (Å²) >= 11 is 13.4. The summed E-state index contributed by atoms with van der Waals surface area (Å²) in [6, 6.07) is 10.7. The zero-order valence-electron chi connectivity index (χ0n) is 12.8. The van der Waals surface area contributed by atoms with Crippen LogP contribution in [0.15, 0.2) is 42.5 Å². The number of thioether (sulfide) groups is 1. The maximum atomic E-state index is 13.2. The predicted octanol–water partition coefficient (Wildman–Crippen LogP) is 4.35. The molecule has 0 spiro atoms. The molecule has 25 heavy (non-hydrogen) atoms. The second kappa shape index (κ2) is 7.64. The van der Waals surface area contributed by atoms with Gasteiger partial charge in [0, 0.05) is 5.69 Å². The van der Waals surface area contributed by atoms with Crippen LogP contribution in [0.4, 0.5) is 10.1 Å². The lowest BCUT2D eigenvalue weighted by atomic mass is 10.2. The van der Waals surface area contributed by atoms with Gasteiger partial charge in [-0.2, -0.15) is 0 Å². The van der Waals surface area contributed by atoms with Crippen molar-refractivity contribution in [3.8, 4) is 0 Å². The fourth-order valence-electron chi connectivity index (χ4n) is 2.49. The highest BCUT2D eigenvalue weighted by molar-refractivity contribution is 8.00. The number of rotatable bonds is 4. The number of nitrogens with one attached hydrogen (secondary N) is 1. The lowest BCUT2D eigenvalue weighted by Crippen LogP contribution is -2.36. The van der Waals surface area contributed by atoms with Crippen molar-refractivity contribution in [3.05, 3.63) is 63.9 Å². The van der Waals surface area contributed by atoms with Crippen molar-refractivity contribution < 1.29 is 14.0 Å². The van der Waals surface area contributed by atoms with E-state index in [0.717, 1.165) is 5.56 Å². The van der Waals surface area contributed by atoms with Gasteiger partial charge in [0.05, 0.1) is 15.8 Å². The fourth-order valence-corrected chi connectivity index (χ4v) is 3.97. The molecule has 3 rings (SSSR count). The minimum Gasteiger partial charge on any atom is -0.324 e. The fraction of sp³-hybridized carbons (Fsp3) is 0.176. The van der Waals surface area contributed by atoms with Crippen LogP contribution >= 0.6 is 35.0 Å². The van der Waals surface area contributed by atoms with Gasteiger partial charge in [0.25, 0.3) is 0 Å². The van der Waals surface area contributed by atoms with Crippen molar-refractivity contribution in [1.29, 1.82) is 0 Å². The Morgan fingerprint density at radius 3 is 2.76 bits per heavy atom. The molecule has 0 bridgehead atoms. The van der Waals surface area contributed by atoms with E-state index in [-0.39, 0.29) is 23.6 Å². The van der Waals surface area contributed by atoms with Gasteiger partial charge in [0.15, 0.2) is 0 Å². The molecule has 130 valence electrons. The van der Waals surface area contributed by atoms with Gasteiger partial charge >= 0.3 is 0 Å². The van der Waals surface area contributed by atoms with Crippen LogP contribution in [-0.2, 0) is 9.59 Å². The van der Waals surface area contributed by atoms with Crippen molar-refractivity contribution in [2.45, 2.75) is 5.37 Å². The maximum absolute atomic E-state index is 13.2. The largest absolute Gasteiger partial charge is 0.324 e. The predicted molar refractivity (Wildman–Crippen MR) is 98.4 cm³/mol. The first-order valence-electron chi connectivity index (χ1n) is 7.35. The van der Waals surface area contributed by atoms with Crippen LogP contribution < -0.4 is 5.32 Å². The Balaban J connectivity index is 1.73. The first-order chi connectivity index (χ1) is 11.9. The van der Waals surface area contributed by atoms with Crippen LogP contribution in [-0.4, -0.2) is 29.0 Å². The molecule has 0 radical (unpaired) electrons. The molecule has 2 amide bonds. The van der Waals surface area contributed by atoms with Gasteiger partial charge in [-0.05, 0) is 35.9 Å². The lowest BCUT2D eigenvalue weighted by Gasteiger charge is -2.24. The Morgan fingerprint density at radius 1 is 1.24 bits per heavy atom. The van der Waals surface area contributed by atoms with E-state index in [9.17, 15) is 14.0 Å². The number of carbonyl (C=O) groups is 2. The average molecular weight is 399 g/mol. The number of benzene rings is 2.